The van der Waals surface area contributed by atoms with Crippen molar-refractivity contribution in [3.8, 4) is 5.75 Å². The molecule has 2 heterocycles. The number of pyridine rings is 1. The quantitative estimate of drug-likeness (QED) is 0.691. The predicted molar refractivity (Wildman–Crippen MR) is 108 cm³/mol. The van der Waals surface area contributed by atoms with Crippen molar-refractivity contribution in [3.05, 3.63) is 59.4 Å². The maximum Gasteiger partial charge on any atom is 0.253 e. The number of nitrogens with zero attached hydrogens (tertiary/aromatic N) is 2. The molecule has 0 radical (unpaired) electrons. The van der Waals surface area contributed by atoms with E-state index in [1.807, 2.05) is 24.3 Å². The highest BCUT2D eigenvalue weighted by Crippen LogP contribution is 2.11. The van der Waals surface area contributed by atoms with E-state index in [4.69, 9.17) is 9.47 Å². The number of rotatable bonds is 8. The molecule has 0 saturated carbocycles. The highest BCUT2D eigenvalue weighted by molar-refractivity contribution is 5.99. The van der Waals surface area contributed by atoms with Gasteiger partial charge in [0.05, 0.1) is 31.5 Å². The summed E-state index contributed by atoms with van der Waals surface area (Å²) in [4.78, 5) is 31.1. The van der Waals surface area contributed by atoms with Gasteiger partial charge in [-0.2, -0.15) is 0 Å². The highest BCUT2D eigenvalue weighted by Gasteiger charge is 2.13. The van der Waals surface area contributed by atoms with Crippen LogP contribution in [0.2, 0.25) is 0 Å². The van der Waals surface area contributed by atoms with Gasteiger partial charge in [-0.3, -0.25) is 19.5 Å². The number of benzene rings is 1. The predicted octanol–water partition coefficient (Wildman–Crippen LogP) is 1.08. The fourth-order valence-corrected chi connectivity index (χ4v) is 2.97. The van der Waals surface area contributed by atoms with Gasteiger partial charge in [0.25, 0.3) is 11.8 Å². The van der Waals surface area contributed by atoms with Gasteiger partial charge in [-0.1, -0.05) is 12.1 Å². The van der Waals surface area contributed by atoms with E-state index in [-0.39, 0.29) is 11.8 Å². The Hall–Kier alpha value is -2.97. The van der Waals surface area contributed by atoms with Crippen LogP contribution in [0.15, 0.2) is 42.7 Å². The van der Waals surface area contributed by atoms with E-state index in [0.29, 0.717) is 24.2 Å². The van der Waals surface area contributed by atoms with Crippen LogP contribution >= 0.6 is 0 Å². The molecule has 1 fully saturated rings. The van der Waals surface area contributed by atoms with Gasteiger partial charge in [-0.25, -0.2) is 0 Å². The molecular formula is C21H26N4O4. The first kappa shape index (κ1) is 20.8. The van der Waals surface area contributed by atoms with Gasteiger partial charge in [-0.15, -0.1) is 0 Å². The Labute approximate surface area is 170 Å². The average molecular weight is 398 g/mol. The summed E-state index contributed by atoms with van der Waals surface area (Å²) in [5.41, 5.74) is 1.66. The Kier molecular flexibility index (Phi) is 7.54. The fourth-order valence-electron chi connectivity index (χ4n) is 2.97. The summed E-state index contributed by atoms with van der Waals surface area (Å²) in [6.07, 6.45) is 2.91. The minimum atomic E-state index is -0.281. The Balaban J connectivity index is 1.49. The van der Waals surface area contributed by atoms with Crippen molar-refractivity contribution in [2.75, 3.05) is 46.5 Å². The van der Waals surface area contributed by atoms with Crippen LogP contribution < -0.4 is 15.4 Å². The van der Waals surface area contributed by atoms with Gasteiger partial charge in [0.2, 0.25) is 0 Å². The van der Waals surface area contributed by atoms with Crippen LogP contribution in [-0.2, 0) is 11.3 Å². The molecule has 0 unspecified atom stereocenters. The second kappa shape index (κ2) is 10.5. The van der Waals surface area contributed by atoms with Crippen LogP contribution in [0.4, 0.5) is 0 Å². The molecule has 29 heavy (non-hydrogen) atoms. The van der Waals surface area contributed by atoms with Crippen LogP contribution in [0, 0.1) is 0 Å². The highest BCUT2D eigenvalue weighted by atomic mass is 16.5. The maximum absolute atomic E-state index is 12.4. The summed E-state index contributed by atoms with van der Waals surface area (Å²) in [6, 6.07) is 9.00. The Morgan fingerprint density at radius 2 is 1.72 bits per heavy atom. The van der Waals surface area contributed by atoms with Crippen molar-refractivity contribution in [2.24, 2.45) is 0 Å². The Morgan fingerprint density at radius 3 is 2.38 bits per heavy atom. The molecule has 0 atom stereocenters. The van der Waals surface area contributed by atoms with Gasteiger partial charge in [0.1, 0.15) is 5.75 Å². The van der Waals surface area contributed by atoms with Gasteiger partial charge >= 0.3 is 0 Å². The molecule has 0 aliphatic carbocycles. The standard InChI is InChI=1S/C21H26N4O4/c1-28-19-4-2-16(3-5-19)13-24-21(27)18-12-17(14-22-15-18)20(26)23-6-7-25-8-10-29-11-9-25/h2-5,12,14-15H,6-11,13H2,1H3,(H,23,26)(H,24,27). The van der Waals surface area contributed by atoms with Crippen molar-refractivity contribution in [1.29, 1.82) is 0 Å². The minimum Gasteiger partial charge on any atom is -0.497 e. The lowest BCUT2D eigenvalue weighted by atomic mass is 10.1. The molecule has 0 spiro atoms. The Bertz CT molecular complexity index is 820. The SMILES string of the molecule is COc1ccc(CNC(=O)c2cncc(C(=O)NCCN3CCOCC3)c2)cc1. The molecule has 1 aromatic carbocycles. The molecule has 8 heteroatoms. The molecule has 3 rings (SSSR count). The second-order valence-electron chi connectivity index (χ2n) is 6.70. The van der Waals surface area contributed by atoms with E-state index in [0.717, 1.165) is 44.2 Å². The third kappa shape index (κ3) is 6.27. The van der Waals surface area contributed by atoms with Crippen molar-refractivity contribution in [2.45, 2.75) is 6.54 Å². The van der Waals surface area contributed by atoms with Crippen LogP contribution in [0.3, 0.4) is 0 Å². The summed E-state index contributed by atoms with van der Waals surface area (Å²) < 4.78 is 10.4. The van der Waals surface area contributed by atoms with E-state index in [1.54, 1.807) is 13.2 Å². The second-order valence-corrected chi connectivity index (χ2v) is 6.70. The van der Waals surface area contributed by atoms with Crippen molar-refractivity contribution >= 4 is 11.8 Å². The van der Waals surface area contributed by atoms with Gasteiger partial charge < -0.3 is 20.1 Å². The summed E-state index contributed by atoms with van der Waals surface area (Å²) >= 11 is 0. The number of methoxy groups -OCH3 is 1. The molecule has 1 aliphatic heterocycles. The summed E-state index contributed by atoms with van der Waals surface area (Å²) in [6.45, 7) is 4.88. The molecule has 1 saturated heterocycles. The number of hydrogen-bond donors (Lipinski definition) is 2. The number of amides is 2. The monoisotopic (exact) mass is 398 g/mol. The van der Waals surface area contributed by atoms with E-state index in [9.17, 15) is 9.59 Å². The fraction of sp³-hybridized carbons (Fsp3) is 0.381. The first-order valence-electron chi connectivity index (χ1n) is 9.60. The zero-order valence-electron chi connectivity index (χ0n) is 16.5. The zero-order valence-corrected chi connectivity index (χ0v) is 16.5. The molecule has 0 bridgehead atoms. The summed E-state index contributed by atoms with van der Waals surface area (Å²) in [5.74, 6) is 0.239. The number of morpholine rings is 1. The van der Waals surface area contributed by atoms with Crippen LogP contribution in [0.25, 0.3) is 0 Å². The normalized spacial score (nSPS) is 14.2. The van der Waals surface area contributed by atoms with Crippen LogP contribution in [0.5, 0.6) is 5.75 Å². The van der Waals surface area contributed by atoms with E-state index < -0.39 is 0 Å². The van der Waals surface area contributed by atoms with E-state index >= 15 is 0 Å². The lowest BCUT2D eigenvalue weighted by Gasteiger charge is -2.26. The maximum atomic E-state index is 12.4. The lowest BCUT2D eigenvalue weighted by Crippen LogP contribution is -2.41. The molecular weight excluding hydrogens is 372 g/mol. The molecule has 1 aliphatic rings. The smallest absolute Gasteiger partial charge is 0.253 e. The number of carbonyl (C=O) groups is 2. The summed E-state index contributed by atoms with van der Waals surface area (Å²) in [5, 5.41) is 5.71. The average Bonchev–Trinajstić information content (AvgIpc) is 2.78. The lowest BCUT2D eigenvalue weighted by molar-refractivity contribution is 0.0383. The number of carbonyl (C=O) groups excluding carboxylic acids is 2. The van der Waals surface area contributed by atoms with Gasteiger partial charge in [0.15, 0.2) is 0 Å². The first-order chi connectivity index (χ1) is 14.2. The summed E-state index contributed by atoms with van der Waals surface area (Å²) in [7, 11) is 1.61. The molecule has 2 aromatic rings. The number of aromatic nitrogens is 1. The van der Waals surface area contributed by atoms with Crippen molar-refractivity contribution in [1.82, 2.24) is 20.5 Å². The van der Waals surface area contributed by atoms with E-state index in [1.165, 1.54) is 12.4 Å². The number of ether oxygens (including phenoxy) is 2. The topological polar surface area (TPSA) is 92.8 Å². The number of hydrogen-bond acceptors (Lipinski definition) is 6. The Morgan fingerprint density at radius 1 is 1.07 bits per heavy atom. The number of nitrogens with one attached hydrogen (secondary N) is 2. The molecule has 2 N–H and O–H groups in total. The third-order valence-corrected chi connectivity index (χ3v) is 4.69. The van der Waals surface area contributed by atoms with Crippen LogP contribution in [0.1, 0.15) is 26.3 Å². The van der Waals surface area contributed by atoms with Crippen LogP contribution in [-0.4, -0.2) is 68.2 Å². The molecule has 154 valence electrons. The van der Waals surface area contributed by atoms with Gasteiger partial charge in [0, 0.05) is 45.1 Å². The zero-order chi connectivity index (χ0) is 20.5. The molecule has 2 amide bonds. The van der Waals surface area contributed by atoms with Crippen molar-refractivity contribution in [3.63, 3.8) is 0 Å². The third-order valence-electron chi connectivity index (χ3n) is 4.69. The minimum absolute atomic E-state index is 0.240. The van der Waals surface area contributed by atoms with Gasteiger partial charge in [-0.05, 0) is 23.8 Å². The largest absolute Gasteiger partial charge is 0.497 e. The molecule has 1 aromatic heterocycles. The molecule has 8 nitrogen and oxygen atoms in total. The first-order valence-corrected chi connectivity index (χ1v) is 9.60. The van der Waals surface area contributed by atoms with Crippen molar-refractivity contribution < 1.29 is 19.1 Å². The van der Waals surface area contributed by atoms with E-state index in [2.05, 4.69) is 20.5 Å².